The third-order valence-corrected chi connectivity index (χ3v) is 6.06. The lowest BCUT2D eigenvalue weighted by Crippen LogP contribution is -2.17. The van der Waals surface area contributed by atoms with Crippen molar-refractivity contribution in [1.82, 2.24) is 20.1 Å². The number of hydrogen-bond acceptors (Lipinski definition) is 7. The van der Waals surface area contributed by atoms with Gasteiger partial charge in [-0.25, -0.2) is 0 Å². The molecule has 7 nitrogen and oxygen atoms in total. The minimum absolute atomic E-state index is 0.0644. The molecule has 1 aromatic carbocycles. The number of nitrogens with one attached hydrogen (secondary N) is 1. The zero-order chi connectivity index (χ0) is 19.7. The second kappa shape index (κ2) is 7.98. The van der Waals surface area contributed by atoms with Crippen LogP contribution in [0.2, 0.25) is 0 Å². The van der Waals surface area contributed by atoms with Crippen LogP contribution in [-0.4, -0.2) is 47.3 Å². The summed E-state index contributed by atoms with van der Waals surface area (Å²) < 4.78 is 13.6. The Hall–Kier alpha value is -2.29. The molecule has 2 atom stereocenters. The van der Waals surface area contributed by atoms with Crippen molar-refractivity contribution in [3.05, 3.63) is 47.9 Å². The second-order valence-electron chi connectivity index (χ2n) is 7.10. The Kier molecular flexibility index (Phi) is 5.43. The lowest BCUT2D eigenvalue weighted by Gasteiger charge is -2.16. The molecule has 0 aliphatic carbocycles. The first-order valence-electron chi connectivity index (χ1n) is 9.25. The van der Waals surface area contributed by atoms with E-state index >= 15 is 0 Å². The van der Waals surface area contributed by atoms with Gasteiger partial charge in [-0.3, -0.25) is 5.32 Å². The van der Waals surface area contributed by atoms with E-state index in [1.807, 2.05) is 38.7 Å². The molecule has 8 heteroatoms. The maximum absolute atomic E-state index is 6.19. The van der Waals surface area contributed by atoms with E-state index in [9.17, 15) is 0 Å². The lowest BCUT2D eigenvalue weighted by atomic mass is 10.2. The minimum atomic E-state index is -0.0644. The van der Waals surface area contributed by atoms with E-state index in [1.165, 1.54) is 5.69 Å². The molecule has 3 aromatic rings. The van der Waals surface area contributed by atoms with Gasteiger partial charge in [-0.05, 0) is 30.7 Å². The van der Waals surface area contributed by atoms with Gasteiger partial charge in [-0.2, -0.15) is 0 Å². The molecular weight excluding hydrogens is 374 g/mol. The molecule has 0 amide bonds. The number of ether oxygens (including phenoxy) is 1. The van der Waals surface area contributed by atoms with Crippen molar-refractivity contribution in [2.75, 3.05) is 31.3 Å². The maximum atomic E-state index is 6.19. The van der Waals surface area contributed by atoms with Crippen LogP contribution in [-0.2, 0) is 11.8 Å². The average molecular weight is 400 g/mol. The Labute approximate surface area is 169 Å². The molecule has 28 heavy (non-hydrogen) atoms. The molecule has 1 saturated heterocycles. The van der Waals surface area contributed by atoms with Crippen LogP contribution in [0.3, 0.4) is 0 Å². The van der Waals surface area contributed by atoms with Crippen molar-refractivity contribution in [3.63, 3.8) is 0 Å². The zero-order valence-electron chi connectivity index (χ0n) is 16.5. The summed E-state index contributed by atoms with van der Waals surface area (Å²) in [7, 11) is 6.06. The number of anilines is 1. The van der Waals surface area contributed by atoms with Crippen molar-refractivity contribution >= 4 is 17.4 Å². The SMILES string of the molecule is Cc1occc1-c1nnc(SC[C@@H]2CN[C@@H](c3ccc(N(C)C)cc3)O2)n1C. The molecule has 0 bridgehead atoms. The first kappa shape index (κ1) is 19.0. The molecule has 1 N–H and O–H groups in total. The Morgan fingerprint density at radius 3 is 2.68 bits per heavy atom. The van der Waals surface area contributed by atoms with Gasteiger partial charge in [0.15, 0.2) is 11.0 Å². The average Bonchev–Trinajstić information content (AvgIpc) is 3.41. The van der Waals surface area contributed by atoms with E-state index in [0.29, 0.717) is 0 Å². The van der Waals surface area contributed by atoms with Crippen LogP contribution in [0, 0.1) is 6.92 Å². The molecule has 4 rings (SSSR count). The largest absolute Gasteiger partial charge is 0.469 e. The first-order chi connectivity index (χ1) is 13.5. The summed E-state index contributed by atoms with van der Waals surface area (Å²) in [6.07, 6.45) is 1.74. The molecule has 1 aliphatic rings. The summed E-state index contributed by atoms with van der Waals surface area (Å²) in [5.74, 6) is 2.48. The smallest absolute Gasteiger partial charge is 0.191 e. The molecular formula is C20H25N5O2S. The Bertz CT molecular complexity index is 934. The van der Waals surface area contributed by atoms with Gasteiger partial charge >= 0.3 is 0 Å². The lowest BCUT2D eigenvalue weighted by molar-refractivity contribution is 0.0534. The van der Waals surface area contributed by atoms with Crippen LogP contribution in [0.15, 0.2) is 46.2 Å². The highest BCUT2D eigenvalue weighted by Gasteiger charge is 2.26. The van der Waals surface area contributed by atoms with Crippen LogP contribution >= 0.6 is 11.8 Å². The van der Waals surface area contributed by atoms with Gasteiger partial charge in [0.2, 0.25) is 0 Å². The number of rotatable bonds is 6. The molecule has 0 radical (unpaired) electrons. The van der Waals surface area contributed by atoms with E-state index in [-0.39, 0.29) is 12.3 Å². The standard InChI is InChI=1S/C20H25N5O2S/c1-13-17(9-10-26-13)18-22-23-20(25(18)4)28-12-16-11-21-19(27-16)14-5-7-15(8-6-14)24(2)3/h5-10,16,19,21H,11-12H2,1-4H3/t16-,19+/m0/s1. The van der Waals surface area contributed by atoms with E-state index < -0.39 is 0 Å². The molecule has 148 valence electrons. The van der Waals surface area contributed by atoms with Crippen molar-refractivity contribution in [2.24, 2.45) is 7.05 Å². The highest BCUT2D eigenvalue weighted by Crippen LogP contribution is 2.29. The molecule has 3 heterocycles. The van der Waals surface area contributed by atoms with Gasteiger partial charge in [-0.15, -0.1) is 10.2 Å². The minimum Gasteiger partial charge on any atom is -0.469 e. The highest BCUT2D eigenvalue weighted by atomic mass is 32.2. The number of nitrogens with zero attached hydrogens (tertiary/aromatic N) is 4. The number of hydrogen-bond donors (Lipinski definition) is 1. The summed E-state index contributed by atoms with van der Waals surface area (Å²) in [5.41, 5.74) is 3.30. The number of thioether (sulfide) groups is 1. The summed E-state index contributed by atoms with van der Waals surface area (Å²) >= 11 is 1.66. The predicted octanol–water partition coefficient (Wildman–Crippen LogP) is 3.23. The molecule has 0 unspecified atom stereocenters. The first-order valence-corrected chi connectivity index (χ1v) is 10.2. The zero-order valence-corrected chi connectivity index (χ0v) is 17.4. The van der Waals surface area contributed by atoms with Gasteiger partial charge in [0.1, 0.15) is 12.0 Å². The quantitative estimate of drug-likeness (QED) is 0.638. The second-order valence-corrected chi connectivity index (χ2v) is 8.09. The summed E-state index contributed by atoms with van der Waals surface area (Å²) in [5, 5.41) is 13.0. The van der Waals surface area contributed by atoms with Gasteiger partial charge in [0.25, 0.3) is 0 Å². The normalized spacial score (nSPS) is 19.3. The fourth-order valence-electron chi connectivity index (χ4n) is 3.23. The monoisotopic (exact) mass is 399 g/mol. The van der Waals surface area contributed by atoms with Gasteiger partial charge in [0.05, 0.1) is 17.9 Å². The van der Waals surface area contributed by atoms with E-state index in [4.69, 9.17) is 9.15 Å². The summed E-state index contributed by atoms with van der Waals surface area (Å²) in [6, 6.07) is 10.4. The molecule has 1 fully saturated rings. The number of furan rings is 1. The van der Waals surface area contributed by atoms with Gasteiger partial charge < -0.3 is 18.6 Å². The van der Waals surface area contributed by atoms with Crippen molar-refractivity contribution < 1.29 is 9.15 Å². The van der Waals surface area contributed by atoms with Crippen LogP contribution < -0.4 is 10.2 Å². The summed E-state index contributed by atoms with van der Waals surface area (Å²) in [6.45, 7) is 2.75. The summed E-state index contributed by atoms with van der Waals surface area (Å²) in [4.78, 5) is 2.09. The van der Waals surface area contributed by atoms with Crippen LogP contribution in [0.5, 0.6) is 0 Å². The Balaban J connectivity index is 1.35. The topological polar surface area (TPSA) is 68.3 Å². The number of aryl methyl sites for hydroxylation is 1. The van der Waals surface area contributed by atoms with Gasteiger partial charge in [-0.1, -0.05) is 23.9 Å². The molecule has 0 saturated carbocycles. The van der Waals surface area contributed by atoms with Crippen molar-refractivity contribution in [3.8, 4) is 11.4 Å². The highest BCUT2D eigenvalue weighted by molar-refractivity contribution is 7.99. The Morgan fingerprint density at radius 2 is 2.00 bits per heavy atom. The fraction of sp³-hybridized carbons (Fsp3) is 0.400. The molecule has 2 aromatic heterocycles. The predicted molar refractivity (Wildman–Crippen MR) is 111 cm³/mol. The van der Waals surface area contributed by atoms with Crippen molar-refractivity contribution in [1.29, 1.82) is 0 Å². The third-order valence-electron chi connectivity index (χ3n) is 4.90. The van der Waals surface area contributed by atoms with E-state index in [2.05, 4.69) is 44.7 Å². The van der Waals surface area contributed by atoms with Crippen LogP contribution in [0.4, 0.5) is 5.69 Å². The third kappa shape index (κ3) is 3.80. The number of benzene rings is 1. The number of aromatic nitrogens is 3. The molecule has 1 aliphatic heterocycles. The van der Waals surface area contributed by atoms with E-state index in [0.717, 1.165) is 40.2 Å². The molecule has 0 spiro atoms. The van der Waals surface area contributed by atoms with Crippen molar-refractivity contribution in [2.45, 2.75) is 24.4 Å². The maximum Gasteiger partial charge on any atom is 0.191 e. The van der Waals surface area contributed by atoms with Gasteiger partial charge in [0, 0.05) is 39.1 Å². The van der Waals surface area contributed by atoms with E-state index in [1.54, 1.807) is 18.0 Å². The Morgan fingerprint density at radius 1 is 1.21 bits per heavy atom. The van der Waals surface area contributed by atoms with Crippen LogP contribution in [0.25, 0.3) is 11.4 Å². The van der Waals surface area contributed by atoms with Crippen LogP contribution in [0.1, 0.15) is 17.6 Å². The fourth-order valence-corrected chi connectivity index (χ4v) is 4.14.